The third kappa shape index (κ3) is 4.48. The van der Waals surface area contributed by atoms with Crippen LogP contribution in [0.3, 0.4) is 0 Å². The van der Waals surface area contributed by atoms with Crippen LogP contribution in [0.1, 0.15) is 38.1 Å². The summed E-state index contributed by atoms with van der Waals surface area (Å²) in [6.45, 7) is 8.61. The number of methoxy groups -OCH3 is 1. The Kier molecular flexibility index (Phi) is 5.78. The second kappa shape index (κ2) is 8.24. The maximum atomic E-state index is 12.6. The topological polar surface area (TPSA) is 71.7 Å². The van der Waals surface area contributed by atoms with Crippen molar-refractivity contribution in [3.05, 3.63) is 41.8 Å². The molecular formula is C20H26N4O3. The lowest BCUT2D eigenvalue weighted by Gasteiger charge is -2.33. The molecule has 0 unspecified atom stereocenters. The van der Waals surface area contributed by atoms with E-state index >= 15 is 0 Å². The zero-order valence-corrected chi connectivity index (χ0v) is 16.3. The van der Waals surface area contributed by atoms with Crippen molar-refractivity contribution in [3.63, 3.8) is 0 Å². The Morgan fingerprint density at radius 3 is 2.37 bits per heavy atom. The van der Waals surface area contributed by atoms with E-state index in [-0.39, 0.29) is 11.8 Å². The van der Waals surface area contributed by atoms with Crippen molar-refractivity contribution in [1.82, 2.24) is 15.1 Å². The summed E-state index contributed by atoms with van der Waals surface area (Å²) in [5.74, 6) is 1.67. The highest BCUT2D eigenvalue weighted by Gasteiger charge is 2.24. The van der Waals surface area contributed by atoms with Gasteiger partial charge in [-0.3, -0.25) is 4.79 Å². The van der Waals surface area contributed by atoms with Crippen molar-refractivity contribution < 1.29 is 13.9 Å². The average Bonchev–Trinajstić information content (AvgIpc) is 3.18. The fourth-order valence-corrected chi connectivity index (χ4v) is 2.92. The van der Waals surface area contributed by atoms with Crippen LogP contribution in [0, 0.1) is 0 Å². The minimum Gasteiger partial charge on any atom is -0.497 e. The van der Waals surface area contributed by atoms with Crippen LogP contribution < -0.4 is 9.64 Å². The van der Waals surface area contributed by atoms with Gasteiger partial charge in [-0.1, -0.05) is 31.1 Å². The normalized spacial score (nSPS) is 15.4. The molecule has 0 bridgehead atoms. The highest BCUT2D eigenvalue weighted by molar-refractivity contribution is 5.95. The van der Waals surface area contributed by atoms with Crippen molar-refractivity contribution in [2.45, 2.75) is 26.7 Å². The first-order valence-electron chi connectivity index (χ1n) is 9.18. The first-order chi connectivity index (χ1) is 13.0. The Balaban J connectivity index is 1.58. The van der Waals surface area contributed by atoms with Crippen molar-refractivity contribution in [2.75, 3.05) is 38.2 Å². The molecule has 1 aromatic heterocycles. The molecule has 0 atom stereocenters. The van der Waals surface area contributed by atoms with E-state index in [1.165, 1.54) is 0 Å². The third-order valence-corrected chi connectivity index (χ3v) is 4.67. The zero-order valence-electron chi connectivity index (χ0n) is 16.3. The zero-order chi connectivity index (χ0) is 19.4. The molecule has 1 aliphatic rings. The van der Waals surface area contributed by atoms with E-state index in [0.29, 0.717) is 38.1 Å². The second-order valence-electron chi connectivity index (χ2n) is 6.95. The summed E-state index contributed by atoms with van der Waals surface area (Å²) in [4.78, 5) is 16.5. The number of carbonyl (C=O) groups is 1. The molecule has 1 fully saturated rings. The molecule has 0 radical (unpaired) electrons. The molecule has 0 aliphatic carbocycles. The Bertz CT molecular complexity index is 803. The molecule has 144 valence electrons. The maximum Gasteiger partial charge on any atom is 0.318 e. The van der Waals surface area contributed by atoms with Crippen LogP contribution in [-0.4, -0.2) is 54.3 Å². The van der Waals surface area contributed by atoms with Gasteiger partial charge in [-0.05, 0) is 30.2 Å². The van der Waals surface area contributed by atoms with Crippen LogP contribution >= 0.6 is 0 Å². The lowest BCUT2D eigenvalue weighted by atomic mass is 10.1. The molecule has 2 heterocycles. The van der Waals surface area contributed by atoms with Gasteiger partial charge in [0, 0.05) is 38.2 Å². The molecule has 0 saturated carbocycles. The number of benzene rings is 1. The lowest BCUT2D eigenvalue weighted by molar-refractivity contribution is -0.126. The van der Waals surface area contributed by atoms with E-state index in [4.69, 9.17) is 9.15 Å². The molecule has 2 aromatic rings. The van der Waals surface area contributed by atoms with E-state index < -0.39 is 0 Å². The van der Waals surface area contributed by atoms with E-state index in [2.05, 4.69) is 10.2 Å². The molecule has 0 N–H and O–H groups in total. The smallest absolute Gasteiger partial charge is 0.318 e. The third-order valence-electron chi connectivity index (χ3n) is 4.67. The van der Waals surface area contributed by atoms with Crippen molar-refractivity contribution in [3.8, 4) is 5.75 Å². The van der Waals surface area contributed by atoms with Gasteiger partial charge < -0.3 is 19.0 Å². The van der Waals surface area contributed by atoms with Crippen LogP contribution in [0.5, 0.6) is 5.75 Å². The van der Waals surface area contributed by atoms with Gasteiger partial charge in [0.15, 0.2) is 0 Å². The Morgan fingerprint density at radius 1 is 1.15 bits per heavy atom. The van der Waals surface area contributed by atoms with Gasteiger partial charge >= 0.3 is 6.01 Å². The number of nitrogens with zero attached hydrogens (tertiary/aromatic N) is 4. The van der Waals surface area contributed by atoms with E-state index in [1.54, 1.807) is 13.2 Å². The summed E-state index contributed by atoms with van der Waals surface area (Å²) in [5, 5.41) is 8.19. The summed E-state index contributed by atoms with van der Waals surface area (Å²) >= 11 is 0. The highest BCUT2D eigenvalue weighted by Crippen LogP contribution is 2.21. The number of allylic oxidation sites excluding steroid dienone is 1. The number of rotatable bonds is 5. The highest BCUT2D eigenvalue weighted by atomic mass is 16.5. The first kappa shape index (κ1) is 18.9. The largest absolute Gasteiger partial charge is 0.497 e. The fraction of sp³-hybridized carbons (Fsp3) is 0.450. The molecule has 7 nitrogen and oxygen atoms in total. The van der Waals surface area contributed by atoms with Crippen molar-refractivity contribution >= 4 is 17.5 Å². The van der Waals surface area contributed by atoms with Crippen molar-refractivity contribution in [1.29, 1.82) is 0 Å². The minimum atomic E-state index is 0.0244. The van der Waals surface area contributed by atoms with Gasteiger partial charge in [0.2, 0.25) is 11.8 Å². The van der Waals surface area contributed by atoms with Gasteiger partial charge in [-0.2, -0.15) is 0 Å². The number of ether oxygens (including phenoxy) is 1. The number of amides is 1. The molecule has 1 aliphatic heterocycles. The summed E-state index contributed by atoms with van der Waals surface area (Å²) in [7, 11) is 1.64. The molecule has 7 heteroatoms. The number of carbonyl (C=O) groups excluding carboxylic acids is 1. The molecule has 1 saturated heterocycles. The Labute approximate surface area is 159 Å². The van der Waals surface area contributed by atoms with E-state index in [9.17, 15) is 4.79 Å². The summed E-state index contributed by atoms with van der Waals surface area (Å²) < 4.78 is 10.9. The number of hydrogen-bond acceptors (Lipinski definition) is 6. The average molecular weight is 370 g/mol. The molecule has 3 rings (SSSR count). The van der Waals surface area contributed by atoms with Gasteiger partial charge in [0.25, 0.3) is 0 Å². The molecule has 1 aromatic carbocycles. The van der Waals surface area contributed by atoms with Crippen LogP contribution in [-0.2, 0) is 4.79 Å². The minimum absolute atomic E-state index is 0.0244. The fourth-order valence-electron chi connectivity index (χ4n) is 2.92. The lowest BCUT2D eigenvalue weighted by Crippen LogP contribution is -2.48. The SMILES string of the molecule is COc1ccc(/C(C)=C/C(=O)N2CCN(c3nnc(C(C)C)o3)CC2)cc1. The predicted molar refractivity (Wildman–Crippen MR) is 104 cm³/mol. The summed E-state index contributed by atoms with van der Waals surface area (Å²) in [6.07, 6.45) is 1.70. The molecule has 0 spiro atoms. The molecular weight excluding hydrogens is 344 g/mol. The number of hydrogen-bond donors (Lipinski definition) is 0. The van der Waals surface area contributed by atoms with Gasteiger partial charge in [-0.25, -0.2) is 0 Å². The van der Waals surface area contributed by atoms with Crippen molar-refractivity contribution in [2.24, 2.45) is 0 Å². The molecule has 1 amide bonds. The van der Waals surface area contributed by atoms with Gasteiger partial charge in [0.1, 0.15) is 5.75 Å². The second-order valence-corrected chi connectivity index (χ2v) is 6.95. The van der Waals surface area contributed by atoms with Crippen LogP contribution in [0.15, 0.2) is 34.8 Å². The van der Waals surface area contributed by atoms with Gasteiger partial charge in [-0.15, -0.1) is 5.10 Å². The Hall–Kier alpha value is -2.83. The summed E-state index contributed by atoms with van der Waals surface area (Å²) in [6, 6.07) is 8.24. The number of aromatic nitrogens is 2. The first-order valence-corrected chi connectivity index (χ1v) is 9.18. The quantitative estimate of drug-likeness (QED) is 0.754. The molecule has 27 heavy (non-hydrogen) atoms. The van der Waals surface area contributed by atoms with E-state index in [0.717, 1.165) is 16.9 Å². The maximum absolute atomic E-state index is 12.6. The number of anilines is 1. The van der Waals surface area contributed by atoms with Crippen LogP contribution in [0.25, 0.3) is 5.57 Å². The predicted octanol–water partition coefficient (Wildman–Crippen LogP) is 2.95. The van der Waals surface area contributed by atoms with Crippen LogP contribution in [0.2, 0.25) is 0 Å². The monoisotopic (exact) mass is 370 g/mol. The number of piperazine rings is 1. The summed E-state index contributed by atoms with van der Waals surface area (Å²) in [5.41, 5.74) is 1.94. The van der Waals surface area contributed by atoms with Gasteiger partial charge in [0.05, 0.1) is 7.11 Å². The Morgan fingerprint density at radius 2 is 1.81 bits per heavy atom. The van der Waals surface area contributed by atoms with Crippen LogP contribution in [0.4, 0.5) is 6.01 Å². The standard InChI is InChI=1S/C20H26N4O3/c1-14(2)19-21-22-20(27-19)24-11-9-23(10-12-24)18(25)13-15(3)16-5-7-17(26-4)8-6-16/h5-8,13-14H,9-12H2,1-4H3/b15-13+. The van der Waals surface area contributed by atoms with E-state index in [1.807, 2.05) is 54.8 Å².